The average molecular weight is 275 g/mol. The zero-order valence-electron chi connectivity index (χ0n) is 12.7. The van der Waals surface area contributed by atoms with Crippen molar-refractivity contribution >= 4 is 5.97 Å². The topological polar surface area (TPSA) is 40.1 Å². The van der Waals surface area contributed by atoms with Gasteiger partial charge in [-0.15, -0.1) is 5.92 Å². The van der Waals surface area contributed by atoms with Crippen LogP contribution >= 0.6 is 0 Å². The molecule has 0 saturated heterocycles. The Labute approximate surface area is 124 Å². The minimum atomic E-state index is -0.969. The molecule has 0 aromatic rings. The lowest BCUT2D eigenvalue weighted by Gasteiger charge is -1.97. The molecule has 0 aliphatic rings. The van der Waals surface area contributed by atoms with Crippen molar-refractivity contribution in [2.45, 2.75) is 71.1 Å². The van der Waals surface area contributed by atoms with Crippen LogP contribution in [-0.2, 0) is 4.79 Å². The summed E-state index contributed by atoms with van der Waals surface area (Å²) in [5.41, 5.74) is 0. The lowest BCUT2D eigenvalue weighted by molar-refractivity contribution is -0.305. The Balaban J connectivity index is 3.37. The van der Waals surface area contributed by atoms with Crippen LogP contribution in [0.15, 0.2) is 24.3 Å². The lowest BCUT2D eigenvalue weighted by Crippen LogP contribution is -2.21. The van der Waals surface area contributed by atoms with Crippen LogP contribution in [0.2, 0.25) is 0 Å². The first-order chi connectivity index (χ1) is 9.77. The minimum Gasteiger partial charge on any atom is -0.550 e. The van der Waals surface area contributed by atoms with Gasteiger partial charge in [-0.1, -0.05) is 50.0 Å². The smallest absolute Gasteiger partial charge is 0.0414 e. The molecular formula is C18H27O2-. The number of unbranched alkanes of at least 4 members (excludes halogenated alkanes) is 5. The first-order valence-electron chi connectivity index (χ1n) is 7.73. The quantitative estimate of drug-likeness (QED) is 0.327. The predicted octanol–water partition coefficient (Wildman–Crippen LogP) is 3.77. The van der Waals surface area contributed by atoms with Crippen LogP contribution in [0.3, 0.4) is 0 Å². The number of carboxylic acid groups (broad SMARTS) is 1. The third-order valence-electron chi connectivity index (χ3n) is 2.86. The molecule has 112 valence electrons. The van der Waals surface area contributed by atoms with Gasteiger partial charge in [0.25, 0.3) is 0 Å². The molecule has 0 fully saturated rings. The highest BCUT2D eigenvalue weighted by molar-refractivity contribution is 5.64. The van der Waals surface area contributed by atoms with Gasteiger partial charge in [0, 0.05) is 18.8 Å². The molecule has 0 radical (unpaired) electrons. The van der Waals surface area contributed by atoms with Crippen molar-refractivity contribution in [1.29, 1.82) is 0 Å². The van der Waals surface area contributed by atoms with Gasteiger partial charge in [-0.25, -0.2) is 0 Å². The van der Waals surface area contributed by atoms with Gasteiger partial charge in [0.2, 0.25) is 0 Å². The second kappa shape index (κ2) is 15.6. The summed E-state index contributed by atoms with van der Waals surface area (Å²) in [6, 6.07) is 0. The van der Waals surface area contributed by atoms with Crippen LogP contribution in [0.25, 0.3) is 0 Å². The molecule has 0 atom stereocenters. The number of carbonyl (C=O) groups is 1. The molecule has 0 aromatic carbocycles. The highest BCUT2D eigenvalue weighted by atomic mass is 16.4. The monoisotopic (exact) mass is 275 g/mol. The molecule has 0 aliphatic carbocycles. The normalized spacial score (nSPS) is 10.8. The zero-order valence-corrected chi connectivity index (χ0v) is 12.7. The van der Waals surface area contributed by atoms with Gasteiger partial charge >= 0.3 is 0 Å². The van der Waals surface area contributed by atoms with Gasteiger partial charge in [-0.05, 0) is 38.5 Å². The van der Waals surface area contributed by atoms with Gasteiger partial charge in [0.1, 0.15) is 0 Å². The van der Waals surface area contributed by atoms with Gasteiger partial charge < -0.3 is 9.90 Å². The molecule has 0 bridgehead atoms. The molecule has 0 aromatic heterocycles. The number of hydrogen-bond acceptors (Lipinski definition) is 2. The Morgan fingerprint density at radius 1 is 1.00 bits per heavy atom. The van der Waals surface area contributed by atoms with E-state index in [2.05, 4.69) is 43.1 Å². The number of aliphatic carboxylic acids is 1. The van der Waals surface area contributed by atoms with E-state index in [1.54, 1.807) is 0 Å². The van der Waals surface area contributed by atoms with Crippen molar-refractivity contribution in [2.75, 3.05) is 0 Å². The van der Waals surface area contributed by atoms with Crippen molar-refractivity contribution in [2.24, 2.45) is 0 Å². The highest BCUT2D eigenvalue weighted by Crippen LogP contribution is 2.00. The Morgan fingerprint density at radius 3 is 2.55 bits per heavy atom. The van der Waals surface area contributed by atoms with Crippen LogP contribution in [0.4, 0.5) is 0 Å². The average Bonchev–Trinajstić information content (AvgIpc) is 2.43. The van der Waals surface area contributed by atoms with Crippen LogP contribution in [0.5, 0.6) is 0 Å². The Kier molecular flexibility index (Phi) is 14.4. The molecule has 0 spiro atoms. The summed E-state index contributed by atoms with van der Waals surface area (Å²) in [5, 5.41) is 10.2. The predicted molar refractivity (Wildman–Crippen MR) is 82.9 cm³/mol. The van der Waals surface area contributed by atoms with Gasteiger partial charge in [-0.2, -0.15) is 0 Å². The van der Waals surface area contributed by atoms with Gasteiger partial charge in [0.15, 0.2) is 0 Å². The van der Waals surface area contributed by atoms with E-state index >= 15 is 0 Å². The van der Waals surface area contributed by atoms with Crippen molar-refractivity contribution in [3.05, 3.63) is 24.3 Å². The van der Waals surface area contributed by atoms with Crippen molar-refractivity contribution in [1.82, 2.24) is 0 Å². The van der Waals surface area contributed by atoms with Gasteiger partial charge in [0.05, 0.1) is 0 Å². The van der Waals surface area contributed by atoms with Crippen LogP contribution < -0.4 is 5.11 Å². The molecule has 0 unspecified atom stereocenters. The Hall–Kier alpha value is -1.49. The minimum absolute atomic E-state index is 0.145. The fraction of sp³-hybridized carbons (Fsp3) is 0.611. The Bertz CT molecular complexity index is 342. The molecule has 2 heteroatoms. The SMILES string of the molecule is CCCCC/C=C\C/C=C\CC#CCCCCC(=O)[O-]. The summed E-state index contributed by atoms with van der Waals surface area (Å²) in [7, 11) is 0. The molecule has 0 saturated carbocycles. The second-order valence-corrected chi connectivity index (χ2v) is 4.81. The standard InChI is InChI=1S/C18H28O2/c1-2-3-4-5-6-7-8-9-10-11-12-13-14-15-16-17-18(19)20/h6-7,9-10H,2-5,8,11,14-17H2,1H3,(H,19,20)/p-1/b7-6-,10-9-. The number of allylic oxidation sites excluding steroid dienone is 4. The van der Waals surface area contributed by atoms with Crippen LogP contribution in [0.1, 0.15) is 71.1 Å². The maximum Gasteiger partial charge on any atom is 0.0414 e. The molecule has 0 rings (SSSR count). The fourth-order valence-corrected chi connectivity index (χ4v) is 1.69. The third-order valence-corrected chi connectivity index (χ3v) is 2.86. The summed E-state index contributed by atoms with van der Waals surface area (Å²) in [4.78, 5) is 10.2. The van der Waals surface area contributed by atoms with E-state index < -0.39 is 5.97 Å². The number of carbonyl (C=O) groups excluding carboxylic acids is 1. The van der Waals surface area contributed by atoms with Crippen molar-refractivity contribution < 1.29 is 9.90 Å². The molecule has 0 heterocycles. The largest absolute Gasteiger partial charge is 0.550 e. The number of carboxylic acids is 1. The van der Waals surface area contributed by atoms with E-state index in [4.69, 9.17) is 0 Å². The summed E-state index contributed by atoms with van der Waals surface area (Å²) in [5.74, 6) is 5.15. The molecule has 2 nitrogen and oxygen atoms in total. The summed E-state index contributed by atoms with van der Waals surface area (Å²) < 4.78 is 0. The lowest BCUT2D eigenvalue weighted by atomic mass is 10.2. The first kappa shape index (κ1) is 18.5. The van der Waals surface area contributed by atoms with Gasteiger partial charge in [-0.3, -0.25) is 0 Å². The fourth-order valence-electron chi connectivity index (χ4n) is 1.69. The highest BCUT2D eigenvalue weighted by Gasteiger charge is 1.86. The second-order valence-electron chi connectivity index (χ2n) is 4.81. The van der Waals surface area contributed by atoms with Crippen LogP contribution in [-0.4, -0.2) is 5.97 Å². The first-order valence-corrected chi connectivity index (χ1v) is 7.73. The molecule has 0 amide bonds. The molecule has 20 heavy (non-hydrogen) atoms. The van der Waals surface area contributed by atoms with E-state index in [0.29, 0.717) is 6.42 Å². The van der Waals surface area contributed by atoms with E-state index in [1.165, 1.54) is 25.7 Å². The zero-order chi connectivity index (χ0) is 14.9. The third kappa shape index (κ3) is 16.5. The van der Waals surface area contributed by atoms with Crippen molar-refractivity contribution in [3.8, 4) is 11.8 Å². The van der Waals surface area contributed by atoms with E-state index in [9.17, 15) is 9.90 Å². The van der Waals surface area contributed by atoms with Crippen molar-refractivity contribution in [3.63, 3.8) is 0 Å². The van der Waals surface area contributed by atoms with E-state index in [-0.39, 0.29) is 6.42 Å². The number of rotatable bonds is 11. The van der Waals surface area contributed by atoms with Crippen LogP contribution in [0, 0.1) is 11.8 Å². The molecule has 0 aliphatic heterocycles. The molecular weight excluding hydrogens is 248 g/mol. The summed E-state index contributed by atoms with van der Waals surface area (Å²) in [6.07, 6.45) is 18.0. The maximum absolute atomic E-state index is 10.2. The number of hydrogen-bond donors (Lipinski definition) is 0. The van der Waals surface area contributed by atoms with E-state index in [1.807, 2.05) is 0 Å². The summed E-state index contributed by atoms with van der Waals surface area (Å²) in [6.45, 7) is 2.22. The Morgan fingerprint density at radius 2 is 1.80 bits per heavy atom. The van der Waals surface area contributed by atoms with E-state index in [0.717, 1.165) is 25.7 Å². The molecule has 0 N–H and O–H groups in total. The summed E-state index contributed by atoms with van der Waals surface area (Å²) >= 11 is 0. The maximum atomic E-state index is 10.2.